The van der Waals surface area contributed by atoms with Crippen LogP contribution in [0.4, 0.5) is 0 Å². The van der Waals surface area contributed by atoms with Gasteiger partial charge in [0, 0.05) is 5.75 Å². The van der Waals surface area contributed by atoms with Crippen molar-refractivity contribution >= 4 is 30.4 Å². The van der Waals surface area contributed by atoms with Crippen molar-refractivity contribution < 1.29 is 19.5 Å². The Morgan fingerprint density at radius 3 is 2.50 bits per heavy atom. The van der Waals surface area contributed by atoms with E-state index in [1.807, 2.05) is 6.92 Å². The molecule has 0 spiro atoms. The highest BCUT2D eigenvalue weighted by molar-refractivity contribution is 7.80. The van der Waals surface area contributed by atoms with Crippen LogP contribution in [0.3, 0.4) is 0 Å². The molecule has 0 aromatic rings. The number of carbonyl (C=O) groups excluding carboxylic acids is 2. The van der Waals surface area contributed by atoms with Crippen molar-refractivity contribution in [3.63, 3.8) is 0 Å². The van der Waals surface area contributed by atoms with E-state index in [2.05, 4.69) is 28.6 Å². The number of hydrogen-bond acceptors (Lipinski definition) is 5. The van der Waals surface area contributed by atoms with Gasteiger partial charge >= 0.3 is 5.97 Å². The smallest absolute Gasteiger partial charge is 0.326 e. The fourth-order valence-corrected chi connectivity index (χ4v) is 2.57. The van der Waals surface area contributed by atoms with Gasteiger partial charge in [-0.25, -0.2) is 4.79 Å². The number of carboxylic acid groups (broad SMARTS) is 1. The zero-order chi connectivity index (χ0) is 16.7. The van der Waals surface area contributed by atoms with Gasteiger partial charge in [-0.2, -0.15) is 12.6 Å². The van der Waals surface area contributed by atoms with Crippen LogP contribution in [0.25, 0.3) is 0 Å². The summed E-state index contributed by atoms with van der Waals surface area (Å²) in [6.45, 7) is 4.40. The average Bonchev–Trinajstić information content (AvgIpc) is 3.03. The van der Waals surface area contributed by atoms with E-state index < -0.39 is 24.0 Å². The molecule has 126 valence electrons. The highest BCUT2D eigenvalue weighted by atomic mass is 32.1. The van der Waals surface area contributed by atoms with Gasteiger partial charge in [0.1, 0.15) is 12.1 Å². The van der Waals surface area contributed by atoms with E-state index in [0.29, 0.717) is 6.42 Å². The topological polar surface area (TPSA) is 108 Å². The molecular weight excluding hydrogens is 306 g/mol. The molecule has 1 fully saturated rings. The second kappa shape index (κ2) is 8.99. The lowest BCUT2D eigenvalue weighted by atomic mass is 9.99. The molecule has 1 aliphatic rings. The summed E-state index contributed by atoms with van der Waals surface area (Å²) in [4.78, 5) is 35.5. The summed E-state index contributed by atoms with van der Waals surface area (Å²) >= 11 is 4.08. The predicted octanol–water partition coefficient (Wildman–Crippen LogP) is -0.231. The molecule has 0 aromatic heterocycles. The third-order valence-electron chi connectivity index (χ3n) is 3.97. The van der Waals surface area contributed by atoms with E-state index in [1.54, 1.807) is 6.92 Å². The number of aliphatic carboxylic acids is 1. The van der Waals surface area contributed by atoms with Gasteiger partial charge in [0.05, 0.1) is 6.04 Å². The van der Waals surface area contributed by atoms with Gasteiger partial charge in [-0.05, 0) is 25.3 Å². The lowest BCUT2D eigenvalue weighted by molar-refractivity contribution is -0.143. The van der Waals surface area contributed by atoms with Crippen LogP contribution in [0.1, 0.15) is 33.1 Å². The molecule has 1 saturated heterocycles. The van der Waals surface area contributed by atoms with Crippen molar-refractivity contribution in [1.29, 1.82) is 0 Å². The highest BCUT2D eigenvalue weighted by Crippen LogP contribution is 2.09. The zero-order valence-electron chi connectivity index (χ0n) is 13.0. The van der Waals surface area contributed by atoms with Gasteiger partial charge in [-0.15, -0.1) is 0 Å². The quantitative estimate of drug-likeness (QED) is 0.395. The van der Waals surface area contributed by atoms with E-state index in [0.717, 1.165) is 19.4 Å². The van der Waals surface area contributed by atoms with E-state index in [9.17, 15) is 19.5 Å². The van der Waals surface area contributed by atoms with Gasteiger partial charge in [0.2, 0.25) is 11.8 Å². The van der Waals surface area contributed by atoms with Crippen LogP contribution >= 0.6 is 12.6 Å². The largest absolute Gasteiger partial charge is 0.480 e. The average molecular weight is 331 g/mol. The first-order valence-corrected chi connectivity index (χ1v) is 8.21. The summed E-state index contributed by atoms with van der Waals surface area (Å²) in [7, 11) is 0. The monoisotopic (exact) mass is 331 g/mol. The van der Waals surface area contributed by atoms with Crippen molar-refractivity contribution in [1.82, 2.24) is 16.0 Å². The normalized spacial score (nSPS) is 21.7. The van der Waals surface area contributed by atoms with Crippen molar-refractivity contribution in [2.75, 3.05) is 12.3 Å². The molecule has 22 heavy (non-hydrogen) atoms. The fraction of sp³-hybridized carbons (Fsp3) is 0.786. The van der Waals surface area contributed by atoms with Crippen molar-refractivity contribution in [2.24, 2.45) is 5.92 Å². The predicted molar refractivity (Wildman–Crippen MR) is 85.8 cm³/mol. The third-order valence-corrected chi connectivity index (χ3v) is 4.33. The number of carbonyl (C=O) groups is 3. The Balaban J connectivity index is 2.62. The summed E-state index contributed by atoms with van der Waals surface area (Å²) in [5.41, 5.74) is 0. The van der Waals surface area contributed by atoms with Crippen molar-refractivity contribution in [3.8, 4) is 0 Å². The third kappa shape index (κ3) is 5.17. The number of rotatable bonds is 8. The standard InChI is InChI=1S/C14H25N3O4S/c1-3-8(2)11(14(20)21)17-13(19)10(7-22)16-12(18)9-5-4-6-15-9/h8-11,15,22H,3-7H2,1-2H3,(H,16,18)(H,17,19)(H,20,21). The number of thiol groups is 1. The first kappa shape index (κ1) is 18.8. The maximum Gasteiger partial charge on any atom is 0.326 e. The minimum atomic E-state index is -1.08. The maximum absolute atomic E-state index is 12.2. The summed E-state index contributed by atoms with van der Waals surface area (Å²) in [6.07, 6.45) is 2.28. The zero-order valence-corrected chi connectivity index (χ0v) is 13.9. The van der Waals surface area contributed by atoms with Gasteiger partial charge in [0.25, 0.3) is 0 Å². The summed E-state index contributed by atoms with van der Waals surface area (Å²) < 4.78 is 0. The molecule has 4 atom stereocenters. The van der Waals surface area contributed by atoms with Crippen molar-refractivity contribution in [2.45, 2.75) is 51.2 Å². The molecule has 2 amide bonds. The van der Waals surface area contributed by atoms with E-state index in [-0.39, 0.29) is 23.6 Å². The molecule has 4 N–H and O–H groups in total. The molecule has 0 radical (unpaired) electrons. The van der Waals surface area contributed by atoms with Gasteiger partial charge in [-0.3, -0.25) is 9.59 Å². The van der Waals surface area contributed by atoms with E-state index in [4.69, 9.17) is 0 Å². The molecule has 1 rings (SSSR count). The van der Waals surface area contributed by atoms with Crippen LogP contribution in [0.5, 0.6) is 0 Å². The van der Waals surface area contributed by atoms with Crippen LogP contribution in [-0.4, -0.2) is 53.3 Å². The Morgan fingerprint density at radius 2 is 2.05 bits per heavy atom. The minimum Gasteiger partial charge on any atom is -0.480 e. The molecule has 8 heteroatoms. The molecule has 4 unspecified atom stereocenters. The van der Waals surface area contributed by atoms with Gasteiger partial charge < -0.3 is 21.1 Å². The molecule has 0 aromatic carbocycles. The van der Waals surface area contributed by atoms with Crippen LogP contribution in [0, 0.1) is 5.92 Å². The summed E-state index contributed by atoms with van der Waals surface area (Å²) in [5, 5.41) is 17.4. The molecule has 0 bridgehead atoms. The molecule has 7 nitrogen and oxygen atoms in total. The number of carboxylic acids is 1. The second-order valence-electron chi connectivity index (χ2n) is 5.60. The Kier molecular flexibility index (Phi) is 7.67. The van der Waals surface area contributed by atoms with Crippen LogP contribution in [0.2, 0.25) is 0 Å². The Hall–Kier alpha value is -1.28. The Bertz CT molecular complexity index is 413. The Morgan fingerprint density at radius 1 is 1.36 bits per heavy atom. The van der Waals surface area contributed by atoms with Gasteiger partial charge in [0.15, 0.2) is 0 Å². The minimum absolute atomic E-state index is 0.108. The summed E-state index contributed by atoms with van der Waals surface area (Å²) in [5.74, 6) is -1.94. The first-order chi connectivity index (χ1) is 10.4. The molecule has 0 aliphatic carbocycles. The highest BCUT2D eigenvalue weighted by Gasteiger charge is 2.30. The number of nitrogens with one attached hydrogen (secondary N) is 3. The summed E-state index contributed by atoms with van der Waals surface area (Å²) in [6, 6.07) is -2.11. The molecular formula is C14H25N3O4S. The Labute approximate surface area is 136 Å². The van der Waals surface area contributed by atoms with Crippen molar-refractivity contribution in [3.05, 3.63) is 0 Å². The van der Waals surface area contributed by atoms with Gasteiger partial charge in [-0.1, -0.05) is 20.3 Å². The number of amides is 2. The molecule has 1 heterocycles. The molecule has 1 aliphatic heterocycles. The second-order valence-corrected chi connectivity index (χ2v) is 5.97. The maximum atomic E-state index is 12.2. The SMILES string of the molecule is CCC(C)C(NC(=O)C(CS)NC(=O)C1CCCN1)C(=O)O. The molecule has 0 saturated carbocycles. The fourth-order valence-electron chi connectivity index (χ4n) is 2.31. The lowest BCUT2D eigenvalue weighted by Gasteiger charge is -2.24. The van der Waals surface area contributed by atoms with Crippen LogP contribution in [0.15, 0.2) is 0 Å². The number of hydrogen-bond donors (Lipinski definition) is 5. The van der Waals surface area contributed by atoms with Crippen LogP contribution < -0.4 is 16.0 Å². The van der Waals surface area contributed by atoms with Crippen LogP contribution in [-0.2, 0) is 14.4 Å². The first-order valence-electron chi connectivity index (χ1n) is 7.58. The van der Waals surface area contributed by atoms with E-state index >= 15 is 0 Å². The lowest BCUT2D eigenvalue weighted by Crippen LogP contribution is -2.56. The van der Waals surface area contributed by atoms with E-state index in [1.165, 1.54) is 0 Å².